The van der Waals surface area contributed by atoms with Gasteiger partial charge in [-0.2, -0.15) is 5.26 Å². The first-order valence-electron chi connectivity index (χ1n) is 11.7. The van der Waals surface area contributed by atoms with Crippen LogP contribution in [0.3, 0.4) is 0 Å². The Labute approximate surface area is 201 Å². The summed E-state index contributed by atoms with van der Waals surface area (Å²) in [6.45, 7) is 0. The minimum Gasteiger partial charge on any atom is -0.456 e. The molecule has 0 unspecified atom stereocenters. The average molecular weight is 444 g/mol. The summed E-state index contributed by atoms with van der Waals surface area (Å²) in [5, 5.41) is 19.2. The van der Waals surface area contributed by atoms with E-state index < -0.39 is 0 Å². The Morgan fingerprint density at radius 2 is 1.20 bits per heavy atom. The topological polar surface area (TPSA) is 33.0 Å². The normalized spacial score (nSPS) is 12.2. The molecule has 7 aromatic carbocycles. The summed E-state index contributed by atoms with van der Waals surface area (Å²) in [4.78, 5) is 0. The fourth-order valence-electron chi connectivity index (χ4n) is 5.83. The number of nitriles is 1. The molecule has 35 heavy (non-hydrogen) atoms. The second kappa shape index (κ2) is 6.59. The van der Waals surface area contributed by atoms with Gasteiger partial charge in [0.2, 0.25) is 0 Å². The summed E-state index contributed by atoms with van der Waals surface area (Å²) in [6.07, 6.45) is 0. The SMILES string of the molecule is N#Cc1ccc2c3c(cccc13)Oc1cc(-c3cc4ccc5cccc6ccc(c3)c4c56)ccc1-2. The van der Waals surface area contributed by atoms with Crippen LogP contribution in [-0.4, -0.2) is 0 Å². The zero-order valence-corrected chi connectivity index (χ0v) is 18.7. The van der Waals surface area contributed by atoms with E-state index in [0.717, 1.165) is 39.0 Å². The van der Waals surface area contributed by atoms with Gasteiger partial charge in [0.05, 0.1) is 11.6 Å². The number of rotatable bonds is 1. The van der Waals surface area contributed by atoms with Gasteiger partial charge in [0, 0.05) is 16.3 Å². The first-order valence-corrected chi connectivity index (χ1v) is 11.7. The molecule has 0 amide bonds. The van der Waals surface area contributed by atoms with Gasteiger partial charge in [-0.25, -0.2) is 0 Å². The van der Waals surface area contributed by atoms with E-state index in [4.69, 9.17) is 4.74 Å². The van der Waals surface area contributed by atoms with Crippen LogP contribution in [0.15, 0.2) is 103 Å². The Hall–Kier alpha value is -4.87. The number of fused-ring (bicyclic) bond motifs is 2. The van der Waals surface area contributed by atoms with Crippen LogP contribution in [0.25, 0.3) is 65.3 Å². The smallest absolute Gasteiger partial charge is 0.135 e. The predicted octanol–water partition coefficient (Wildman–Crippen LogP) is 9.05. The third-order valence-corrected chi connectivity index (χ3v) is 7.41. The Kier molecular flexibility index (Phi) is 3.49. The van der Waals surface area contributed by atoms with Gasteiger partial charge in [0.1, 0.15) is 11.5 Å². The molecule has 0 atom stereocenters. The van der Waals surface area contributed by atoms with Crippen LogP contribution in [0, 0.1) is 11.3 Å². The molecule has 7 aromatic rings. The fraction of sp³-hybridized carbons (Fsp3) is 0. The molecule has 0 N–H and O–H groups in total. The molecule has 1 heterocycles. The monoisotopic (exact) mass is 443 g/mol. The Morgan fingerprint density at radius 1 is 0.514 bits per heavy atom. The van der Waals surface area contributed by atoms with Crippen molar-refractivity contribution in [3.8, 4) is 39.8 Å². The van der Waals surface area contributed by atoms with Crippen molar-refractivity contribution in [2.45, 2.75) is 0 Å². The van der Waals surface area contributed by atoms with Crippen LogP contribution in [0.4, 0.5) is 0 Å². The number of hydrogen-bond donors (Lipinski definition) is 0. The molecule has 1 aliphatic rings. The fourth-order valence-corrected chi connectivity index (χ4v) is 5.83. The molecule has 0 bridgehead atoms. The lowest BCUT2D eigenvalue weighted by molar-refractivity contribution is 0.487. The largest absolute Gasteiger partial charge is 0.456 e. The third kappa shape index (κ3) is 2.47. The molecule has 0 saturated carbocycles. The maximum absolute atomic E-state index is 9.55. The summed E-state index contributed by atoms with van der Waals surface area (Å²) in [7, 11) is 0. The minimum absolute atomic E-state index is 0.670. The van der Waals surface area contributed by atoms with E-state index in [1.807, 2.05) is 30.3 Å². The van der Waals surface area contributed by atoms with Crippen LogP contribution >= 0.6 is 0 Å². The molecule has 0 spiro atoms. The van der Waals surface area contributed by atoms with Crippen molar-refractivity contribution in [3.63, 3.8) is 0 Å². The highest BCUT2D eigenvalue weighted by atomic mass is 16.5. The van der Waals surface area contributed by atoms with Gasteiger partial charge in [-0.15, -0.1) is 0 Å². The molecule has 1 aliphatic heterocycles. The molecule has 0 aliphatic carbocycles. The number of ether oxygens (including phenoxy) is 1. The summed E-state index contributed by atoms with van der Waals surface area (Å²) in [5.74, 6) is 1.65. The van der Waals surface area contributed by atoms with E-state index >= 15 is 0 Å². The van der Waals surface area contributed by atoms with Crippen molar-refractivity contribution in [2.24, 2.45) is 0 Å². The van der Waals surface area contributed by atoms with Gasteiger partial charge in [0.25, 0.3) is 0 Å². The zero-order chi connectivity index (χ0) is 23.1. The molecule has 160 valence electrons. The molecule has 0 aromatic heterocycles. The van der Waals surface area contributed by atoms with Gasteiger partial charge >= 0.3 is 0 Å². The van der Waals surface area contributed by atoms with E-state index in [-0.39, 0.29) is 0 Å². The van der Waals surface area contributed by atoms with Gasteiger partial charge in [-0.1, -0.05) is 66.7 Å². The Bertz CT molecular complexity index is 1980. The second-order valence-corrected chi connectivity index (χ2v) is 9.27. The van der Waals surface area contributed by atoms with Gasteiger partial charge in [-0.3, -0.25) is 0 Å². The van der Waals surface area contributed by atoms with E-state index in [0.29, 0.717) is 5.56 Å². The first-order chi connectivity index (χ1) is 17.3. The molecule has 0 fully saturated rings. The highest BCUT2D eigenvalue weighted by molar-refractivity contribution is 6.23. The van der Waals surface area contributed by atoms with E-state index in [1.165, 1.54) is 37.9 Å². The van der Waals surface area contributed by atoms with E-state index in [9.17, 15) is 5.26 Å². The van der Waals surface area contributed by atoms with Crippen molar-refractivity contribution in [2.75, 3.05) is 0 Å². The number of benzene rings is 7. The number of hydrogen-bond acceptors (Lipinski definition) is 2. The summed E-state index contributed by atoms with van der Waals surface area (Å²) in [5.41, 5.74) is 5.13. The predicted molar refractivity (Wildman–Crippen MR) is 143 cm³/mol. The Morgan fingerprint density at radius 3 is 1.97 bits per heavy atom. The number of nitrogens with zero attached hydrogens (tertiary/aromatic N) is 1. The Balaban J connectivity index is 1.34. The van der Waals surface area contributed by atoms with Crippen molar-refractivity contribution in [3.05, 3.63) is 109 Å². The third-order valence-electron chi connectivity index (χ3n) is 7.41. The van der Waals surface area contributed by atoms with Gasteiger partial charge in [0.15, 0.2) is 0 Å². The van der Waals surface area contributed by atoms with Crippen LogP contribution in [-0.2, 0) is 0 Å². The highest BCUT2D eigenvalue weighted by Gasteiger charge is 2.22. The molecule has 2 nitrogen and oxygen atoms in total. The van der Waals surface area contributed by atoms with Gasteiger partial charge in [-0.05, 0) is 85.4 Å². The first kappa shape index (κ1) is 18.5. The van der Waals surface area contributed by atoms with Gasteiger partial charge < -0.3 is 4.74 Å². The minimum atomic E-state index is 0.670. The van der Waals surface area contributed by atoms with E-state index in [1.54, 1.807) is 0 Å². The van der Waals surface area contributed by atoms with Crippen LogP contribution < -0.4 is 4.74 Å². The van der Waals surface area contributed by atoms with E-state index in [2.05, 4.69) is 78.9 Å². The maximum atomic E-state index is 9.55. The second-order valence-electron chi connectivity index (χ2n) is 9.27. The molecule has 0 saturated heterocycles. The lowest BCUT2D eigenvalue weighted by Gasteiger charge is -2.22. The van der Waals surface area contributed by atoms with Crippen molar-refractivity contribution in [1.29, 1.82) is 5.26 Å². The lowest BCUT2D eigenvalue weighted by Crippen LogP contribution is -1.98. The summed E-state index contributed by atoms with van der Waals surface area (Å²) in [6, 6.07) is 38.6. The summed E-state index contributed by atoms with van der Waals surface area (Å²) < 4.78 is 6.40. The van der Waals surface area contributed by atoms with Crippen LogP contribution in [0.2, 0.25) is 0 Å². The lowest BCUT2D eigenvalue weighted by atomic mass is 9.89. The molecular formula is C33H17NO. The molecule has 2 heteroatoms. The quantitative estimate of drug-likeness (QED) is 0.237. The average Bonchev–Trinajstić information content (AvgIpc) is 2.91. The van der Waals surface area contributed by atoms with Crippen molar-refractivity contribution >= 4 is 43.1 Å². The maximum Gasteiger partial charge on any atom is 0.135 e. The molecule has 0 radical (unpaired) electrons. The van der Waals surface area contributed by atoms with Crippen molar-refractivity contribution < 1.29 is 4.74 Å². The highest BCUT2D eigenvalue weighted by Crippen LogP contribution is 2.48. The standard InChI is InChI=1S/C33H17NO/c34-18-24-12-14-28-27-13-11-21(17-30(27)35-29-6-2-5-26(24)33(28)29)25-15-22-9-7-19-3-1-4-20-8-10-23(16-25)32(22)31(19)20/h1-17H. The molecular weight excluding hydrogens is 426 g/mol. The van der Waals surface area contributed by atoms with Crippen molar-refractivity contribution in [1.82, 2.24) is 0 Å². The summed E-state index contributed by atoms with van der Waals surface area (Å²) >= 11 is 0. The zero-order valence-electron chi connectivity index (χ0n) is 18.7. The van der Waals surface area contributed by atoms with Crippen LogP contribution in [0.5, 0.6) is 11.5 Å². The van der Waals surface area contributed by atoms with Crippen LogP contribution in [0.1, 0.15) is 5.56 Å². The molecule has 8 rings (SSSR count).